The number of Topliss-reactive ketones (excluding diaryl/α,β-unsaturated/α-hetero) is 2. The first-order valence-electron chi connectivity index (χ1n) is 9.43. The van der Waals surface area contributed by atoms with E-state index in [2.05, 4.69) is 0 Å². The smallest absolute Gasteiger partial charge is 0.197 e. The lowest BCUT2D eigenvalue weighted by molar-refractivity contribution is 0.0990. The molecule has 0 N–H and O–H groups in total. The molecule has 5 heteroatoms. The Morgan fingerprint density at radius 3 is 2.03 bits per heavy atom. The summed E-state index contributed by atoms with van der Waals surface area (Å²) in [6.07, 6.45) is 1.66. The maximum absolute atomic E-state index is 12.6. The lowest BCUT2D eigenvalue weighted by Crippen LogP contribution is -2.02. The Kier molecular flexibility index (Phi) is 5.50. The van der Waals surface area contributed by atoms with Gasteiger partial charge in [-0.1, -0.05) is 53.5 Å². The summed E-state index contributed by atoms with van der Waals surface area (Å²) >= 11 is 12.2. The Labute approximate surface area is 184 Å². The molecule has 0 spiro atoms. The maximum atomic E-state index is 12.6. The van der Waals surface area contributed by atoms with Gasteiger partial charge in [-0.2, -0.15) is 0 Å². The van der Waals surface area contributed by atoms with E-state index >= 15 is 0 Å². The fourth-order valence-corrected chi connectivity index (χ4v) is 4.12. The van der Waals surface area contributed by atoms with Crippen LogP contribution in [0, 0.1) is 13.8 Å². The van der Waals surface area contributed by atoms with E-state index in [4.69, 9.17) is 27.9 Å². The van der Waals surface area contributed by atoms with Crippen LogP contribution < -0.4 is 4.74 Å². The summed E-state index contributed by atoms with van der Waals surface area (Å²) in [6.45, 7) is 4.17. The van der Waals surface area contributed by atoms with Crippen molar-refractivity contribution in [3.8, 4) is 5.75 Å². The van der Waals surface area contributed by atoms with Crippen molar-refractivity contribution in [3.63, 3.8) is 0 Å². The summed E-state index contributed by atoms with van der Waals surface area (Å²) in [4.78, 5) is 25.3. The number of ketones is 2. The Bertz CT molecular complexity index is 1160. The molecular weight excluding hydrogens is 419 g/mol. The summed E-state index contributed by atoms with van der Waals surface area (Å²) < 4.78 is 6.01. The van der Waals surface area contributed by atoms with Crippen molar-refractivity contribution in [2.75, 3.05) is 0 Å². The van der Waals surface area contributed by atoms with Gasteiger partial charge in [0.25, 0.3) is 0 Å². The van der Waals surface area contributed by atoms with Crippen molar-refractivity contribution in [1.29, 1.82) is 0 Å². The zero-order valence-corrected chi connectivity index (χ0v) is 18.0. The Morgan fingerprint density at radius 1 is 0.867 bits per heavy atom. The number of carbonyl (C=O) groups is 2. The van der Waals surface area contributed by atoms with Gasteiger partial charge in [-0.05, 0) is 60.9 Å². The molecule has 0 unspecified atom stereocenters. The molecule has 0 fully saturated rings. The van der Waals surface area contributed by atoms with Gasteiger partial charge in [-0.15, -0.1) is 0 Å². The van der Waals surface area contributed by atoms with E-state index in [0.717, 1.165) is 28.0 Å². The standard InChI is InChI=1S/C25H18Cl2O3/c1-14-9-16(11-21-23(28)19-5-3-4-6-20(19)24(21)29)10-15(2)25(14)30-13-17-7-8-18(26)12-22(17)27/h3-12H,13H2,1-2H3. The summed E-state index contributed by atoms with van der Waals surface area (Å²) in [7, 11) is 0. The first-order chi connectivity index (χ1) is 14.3. The van der Waals surface area contributed by atoms with Gasteiger partial charge >= 0.3 is 0 Å². The van der Waals surface area contributed by atoms with E-state index < -0.39 is 0 Å². The average Bonchev–Trinajstić information content (AvgIpc) is 2.94. The van der Waals surface area contributed by atoms with E-state index in [1.165, 1.54) is 0 Å². The molecular formula is C25H18Cl2O3. The third-order valence-corrected chi connectivity index (χ3v) is 5.67. The molecule has 0 amide bonds. The molecule has 0 heterocycles. The van der Waals surface area contributed by atoms with Gasteiger partial charge in [0.15, 0.2) is 11.6 Å². The first-order valence-corrected chi connectivity index (χ1v) is 10.2. The minimum atomic E-state index is -0.233. The molecule has 30 heavy (non-hydrogen) atoms. The van der Waals surface area contributed by atoms with Crippen LogP contribution in [0.25, 0.3) is 6.08 Å². The molecule has 0 bridgehead atoms. The number of fused-ring (bicyclic) bond motifs is 1. The second kappa shape index (κ2) is 8.10. The fraction of sp³-hybridized carbons (Fsp3) is 0.120. The van der Waals surface area contributed by atoms with E-state index in [1.807, 2.05) is 32.0 Å². The largest absolute Gasteiger partial charge is 0.488 e. The van der Waals surface area contributed by atoms with E-state index in [9.17, 15) is 9.59 Å². The van der Waals surface area contributed by atoms with Crippen LogP contribution in [-0.4, -0.2) is 11.6 Å². The SMILES string of the molecule is Cc1cc(C=C2C(=O)c3ccccc3C2=O)cc(C)c1OCc1ccc(Cl)cc1Cl. The number of rotatable bonds is 4. The molecule has 0 aromatic heterocycles. The second-order valence-electron chi connectivity index (χ2n) is 7.27. The number of hydrogen-bond acceptors (Lipinski definition) is 3. The molecule has 0 atom stereocenters. The van der Waals surface area contributed by atoms with Crippen molar-refractivity contribution >= 4 is 40.8 Å². The van der Waals surface area contributed by atoms with Crippen LogP contribution in [0.15, 0.2) is 60.2 Å². The lowest BCUT2D eigenvalue weighted by atomic mass is 10.0. The highest BCUT2D eigenvalue weighted by Crippen LogP contribution is 2.31. The summed E-state index contributed by atoms with van der Waals surface area (Å²) in [5, 5.41) is 1.13. The summed E-state index contributed by atoms with van der Waals surface area (Å²) in [5.41, 5.74) is 4.54. The van der Waals surface area contributed by atoms with Crippen LogP contribution in [0.4, 0.5) is 0 Å². The molecule has 0 radical (unpaired) electrons. The molecule has 0 saturated heterocycles. The van der Waals surface area contributed by atoms with Crippen molar-refractivity contribution in [1.82, 2.24) is 0 Å². The molecule has 1 aliphatic rings. The Balaban J connectivity index is 1.60. The quantitative estimate of drug-likeness (QED) is 0.339. The van der Waals surface area contributed by atoms with Crippen LogP contribution in [0.2, 0.25) is 10.0 Å². The van der Waals surface area contributed by atoms with E-state index in [0.29, 0.717) is 27.8 Å². The Hall–Kier alpha value is -2.88. The topological polar surface area (TPSA) is 43.4 Å². The van der Waals surface area contributed by atoms with Gasteiger partial charge in [0.2, 0.25) is 0 Å². The van der Waals surface area contributed by atoms with Gasteiger partial charge in [-0.25, -0.2) is 0 Å². The van der Waals surface area contributed by atoms with Crippen molar-refractivity contribution in [2.24, 2.45) is 0 Å². The molecule has 0 aliphatic heterocycles. The molecule has 0 saturated carbocycles. The predicted molar refractivity (Wildman–Crippen MR) is 120 cm³/mol. The second-order valence-corrected chi connectivity index (χ2v) is 8.11. The molecule has 3 aromatic rings. The number of allylic oxidation sites excluding steroid dienone is 1. The lowest BCUT2D eigenvalue weighted by Gasteiger charge is -2.14. The van der Waals surface area contributed by atoms with Crippen LogP contribution in [0.5, 0.6) is 5.75 Å². The minimum absolute atomic E-state index is 0.191. The predicted octanol–water partition coefficient (Wildman–Crippen LogP) is 6.65. The van der Waals surface area contributed by atoms with Crippen molar-refractivity contribution in [3.05, 3.63) is 104 Å². The highest BCUT2D eigenvalue weighted by Gasteiger charge is 2.32. The third kappa shape index (κ3) is 3.79. The van der Waals surface area contributed by atoms with Crippen LogP contribution in [0.1, 0.15) is 43.0 Å². The van der Waals surface area contributed by atoms with Gasteiger partial charge in [0, 0.05) is 26.7 Å². The fourth-order valence-electron chi connectivity index (χ4n) is 3.65. The summed E-state index contributed by atoms with van der Waals surface area (Å²) in [5.74, 6) is 0.280. The van der Waals surface area contributed by atoms with Gasteiger partial charge in [-0.3, -0.25) is 9.59 Å². The molecule has 4 rings (SSSR count). The minimum Gasteiger partial charge on any atom is -0.488 e. The first kappa shape index (κ1) is 20.4. The molecule has 150 valence electrons. The van der Waals surface area contributed by atoms with Gasteiger partial charge in [0.1, 0.15) is 12.4 Å². The zero-order chi connectivity index (χ0) is 21.4. The molecule has 1 aliphatic carbocycles. The normalized spacial score (nSPS) is 12.9. The number of halogens is 2. The van der Waals surface area contributed by atoms with E-state index in [1.54, 1.807) is 42.5 Å². The zero-order valence-electron chi connectivity index (χ0n) is 16.5. The van der Waals surface area contributed by atoms with Crippen LogP contribution in [0.3, 0.4) is 0 Å². The van der Waals surface area contributed by atoms with Gasteiger partial charge < -0.3 is 4.74 Å². The third-order valence-electron chi connectivity index (χ3n) is 5.09. The highest BCUT2D eigenvalue weighted by atomic mass is 35.5. The maximum Gasteiger partial charge on any atom is 0.197 e. The van der Waals surface area contributed by atoms with Crippen molar-refractivity contribution < 1.29 is 14.3 Å². The Morgan fingerprint density at radius 2 is 1.47 bits per heavy atom. The molecule has 3 aromatic carbocycles. The summed E-state index contributed by atoms with van der Waals surface area (Å²) in [6, 6.07) is 16.0. The van der Waals surface area contributed by atoms with Crippen LogP contribution >= 0.6 is 23.2 Å². The highest BCUT2D eigenvalue weighted by molar-refractivity contribution is 6.41. The van der Waals surface area contributed by atoms with E-state index in [-0.39, 0.29) is 17.1 Å². The number of ether oxygens (including phenoxy) is 1. The number of aryl methyl sites for hydroxylation is 2. The average molecular weight is 437 g/mol. The van der Waals surface area contributed by atoms with Crippen molar-refractivity contribution in [2.45, 2.75) is 20.5 Å². The monoisotopic (exact) mass is 436 g/mol. The number of benzene rings is 3. The molecule has 3 nitrogen and oxygen atoms in total. The number of carbonyl (C=O) groups excluding carboxylic acids is 2. The van der Waals surface area contributed by atoms with Crippen LogP contribution in [-0.2, 0) is 6.61 Å². The van der Waals surface area contributed by atoms with Gasteiger partial charge in [0.05, 0.1) is 5.57 Å². The number of hydrogen-bond donors (Lipinski definition) is 0.